The van der Waals surface area contributed by atoms with E-state index in [9.17, 15) is 10.1 Å². The number of non-ortho nitro benzene ring substituents is 1. The van der Waals surface area contributed by atoms with Gasteiger partial charge in [0.15, 0.2) is 0 Å². The topological polar surface area (TPSA) is 69.2 Å². The van der Waals surface area contributed by atoms with Crippen LogP contribution in [0.25, 0.3) is 0 Å². The van der Waals surface area contributed by atoms with Crippen LogP contribution in [-0.2, 0) is 0 Å². The lowest BCUT2D eigenvalue weighted by molar-refractivity contribution is -0.384. The van der Waals surface area contributed by atoms with Crippen LogP contribution in [0.2, 0.25) is 5.02 Å². The van der Waals surface area contributed by atoms with Gasteiger partial charge in [-0.2, -0.15) is 0 Å². The number of nitrogens with two attached hydrogens (primary N) is 1. The highest BCUT2D eigenvalue weighted by Gasteiger charge is 2.11. The van der Waals surface area contributed by atoms with Crippen molar-refractivity contribution in [2.45, 2.75) is 13.0 Å². The Bertz CT molecular complexity index is 342. The van der Waals surface area contributed by atoms with Crippen LogP contribution in [0.4, 0.5) is 5.69 Å². The predicted molar refractivity (Wildman–Crippen MR) is 58.0 cm³/mol. The molecule has 0 radical (unpaired) electrons. The third kappa shape index (κ3) is 2.83. The van der Waals surface area contributed by atoms with E-state index >= 15 is 0 Å². The molecule has 0 aliphatic carbocycles. The minimum atomic E-state index is -0.470. The molecule has 0 bridgehead atoms. The first-order chi connectivity index (χ1) is 6.02. The van der Waals surface area contributed by atoms with Gasteiger partial charge in [0, 0.05) is 23.2 Å². The number of nitro groups is 1. The van der Waals surface area contributed by atoms with Gasteiger partial charge in [0.25, 0.3) is 5.69 Å². The third-order valence-electron chi connectivity index (χ3n) is 1.68. The molecule has 6 heteroatoms. The maximum Gasteiger partial charge on any atom is 0.269 e. The molecule has 0 saturated heterocycles. The van der Waals surface area contributed by atoms with E-state index in [0.29, 0.717) is 10.6 Å². The van der Waals surface area contributed by atoms with Crippen LogP contribution in [0.1, 0.15) is 18.5 Å². The highest BCUT2D eigenvalue weighted by Crippen LogP contribution is 2.25. The fourth-order valence-corrected chi connectivity index (χ4v) is 1.28. The molecule has 0 unspecified atom stereocenters. The molecular formula is C8H10Cl2N2O2. The van der Waals surface area contributed by atoms with Gasteiger partial charge in [-0.15, -0.1) is 12.4 Å². The quantitative estimate of drug-likeness (QED) is 0.634. The highest BCUT2D eigenvalue weighted by molar-refractivity contribution is 6.31. The second-order valence-electron chi connectivity index (χ2n) is 2.75. The molecule has 1 aromatic rings. The molecule has 78 valence electrons. The van der Waals surface area contributed by atoms with Gasteiger partial charge < -0.3 is 5.73 Å². The number of halogens is 2. The molecule has 0 fully saturated rings. The first-order valence-electron chi connectivity index (χ1n) is 3.72. The molecule has 4 nitrogen and oxygen atoms in total. The van der Waals surface area contributed by atoms with Crippen molar-refractivity contribution in [2.75, 3.05) is 0 Å². The van der Waals surface area contributed by atoms with Crippen LogP contribution in [0.3, 0.4) is 0 Å². The Hall–Kier alpha value is -0.840. The minimum Gasteiger partial charge on any atom is -0.324 e. The summed E-state index contributed by atoms with van der Waals surface area (Å²) in [5, 5.41) is 10.9. The molecule has 1 atom stereocenters. The van der Waals surface area contributed by atoms with Crippen LogP contribution in [0.5, 0.6) is 0 Å². The van der Waals surface area contributed by atoms with Gasteiger partial charge >= 0.3 is 0 Å². The molecule has 0 amide bonds. The molecule has 0 heterocycles. The van der Waals surface area contributed by atoms with Crippen molar-refractivity contribution >= 4 is 29.7 Å². The van der Waals surface area contributed by atoms with E-state index in [1.54, 1.807) is 6.92 Å². The lowest BCUT2D eigenvalue weighted by atomic mass is 10.1. The van der Waals surface area contributed by atoms with Gasteiger partial charge in [-0.3, -0.25) is 10.1 Å². The number of nitrogens with zero attached hydrogens (tertiary/aromatic N) is 1. The SMILES string of the molecule is C[C@H](N)c1cc([N+](=O)[O-])ccc1Cl.Cl. The maximum absolute atomic E-state index is 10.4. The van der Waals surface area contributed by atoms with Crippen LogP contribution in [0, 0.1) is 10.1 Å². The first-order valence-corrected chi connectivity index (χ1v) is 4.09. The maximum atomic E-state index is 10.4. The summed E-state index contributed by atoms with van der Waals surface area (Å²) in [7, 11) is 0. The van der Waals surface area contributed by atoms with Crippen molar-refractivity contribution in [1.29, 1.82) is 0 Å². The molecule has 1 rings (SSSR count). The van der Waals surface area contributed by atoms with Crippen molar-refractivity contribution in [2.24, 2.45) is 5.73 Å². The lowest BCUT2D eigenvalue weighted by Gasteiger charge is -2.06. The third-order valence-corrected chi connectivity index (χ3v) is 2.03. The summed E-state index contributed by atoms with van der Waals surface area (Å²) in [5.74, 6) is 0. The van der Waals surface area contributed by atoms with Gasteiger partial charge in [0.05, 0.1) is 4.92 Å². The molecular weight excluding hydrogens is 227 g/mol. The average molecular weight is 237 g/mol. The van der Waals surface area contributed by atoms with Crippen molar-refractivity contribution in [3.63, 3.8) is 0 Å². The molecule has 0 aromatic heterocycles. The molecule has 0 aliphatic rings. The van der Waals surface area contributed by atoms with Gasteiger partial charge in [-0.25, -0.2) is 0 Å². The number of rotatable bonds is 2. The summed E-state index contributed by atoms with van der Waals surface area (Å²) in [6.07, 6.45) is 0. The standard InChI is InChI=1S/C8H9ClN2O2.ClH/c1-5(10)7-4-6(11(12)13)2-3-8(7)9;/h2-5H,10H2,1H3;1H/t5-;/m0./s1. The van der Waals surface area contributed by atoms with Crippen LogP contribution in [-0.4, -0.2) is 4.92 Å². The average Bonchev–Trinajstić information content (AvgIpc) is 2.04. The number of hydrogen-bond donors (Lipinski definition) is 1. The van der Waals surface area contributed by atoms with E-state index in [1.807, 2.05) is 0 Å². The summed E-state index contributed by atoms with van der Waals surface area (Å²) < 4.78 is 0. The van der Waals surface area contributed by atoms with E-state index in [4.69, 9.17) is 17.3 Å². The van der Waals surface area contributed by atoms with Gasteiger partial charge in [-0.05, 0) is 18.6 Å². The van der Waals surface area contributed by atoms with Gasteiger partial charge in [-0.1, -0.05) is 11.6 Å². The fourth-order valence-electron chi connectivity index (χ4n) is 0.994. The second kappa shape index (κ2) is 5.14. The van der Waals surface area contributed by atoms with E-state index < -0.39 is 4.92 Å². The smallest absolute Gasteiger partial charge is 0.269 e. The van der Waals surface area contributed by atoms with Crippen molar-refractivity contribution in [3.05, 3.63) is 38.9 Å². The van der Waals surface area contributed by atoms with E-state index in [1.165, 1.54) is 18.2 Å². The Morgan fingerprint density at radius 1 is 1.57 bits per heavy atom. The van der Waals surface area contributed by atoms with Gasteiger partial charge in [0.2, 0.25) is 0 Å². The highest BCUT2D eigenvalue weighted by atomic mass is 35.5. The predicted octanol–water partition coefficient (Wildman–Crippen LogP) is 2.69. The molecule has 14 heavy (non-hydrogen) atoms. The summed E-state index contributed by atoms with van der Waals surface area (Å²) in [5.41, 5.74) is 6.18. The molecule has 2 N–H and O–H groups in total. The first kappa shape index (κ1) is 13.2. The van der Waals surface area contributed by atoms with E-state index in [2.05, 4.69) is 0 Å². The number of hydrogen-bond acceptors (Lipinski definition) is 3. The van der Waals surface area contributed by atoms with Crippen molar-refractivity contribution < 1.29 is 4.92 Å². The van der Waals surface area contributed by atoms with Crippen LogP contribution >= 0.6 is 24.0 Å². The minimum absolute atomic E-state index is 0. The van der Waals surface area contributed by atoms with Crippen LogP contribution < -0.4 is 5.73 Å². The summed E-state index contributed by atoms with van der Waals surface area (Å²) in [6.45, 7) is 1.73. The second-order valence-corrected chi connectivity index (χ2v) is 3.16. The molecule has 1 aromatic carbocycles. The Morgan fingerprint density at radius 3 is 2.57 bits per heavy atom. The van der Waals surface area contributed by atoms with Crippen LogP contribution in [0.15, 0.2) is 18.2 Å². The fraction of sp³-hybridized carbons (Fsp3) is 0.250. The number of benzene rings is 1. The molecule has 0 aliphatic heterocycles. The zero-order valence-corrected chi connectivity index (χ0v) is 9.01. The van der Waals surface area contributed by atoms with E-state index in [-0.39, 0.29) is 24.1 Å². The zero-order valence-electron chi connectivity index (χ0n) is 7.44. The Morgan fingerprint density at radius 2 is 2.14 bits per heavy atom. The summed E-state index contributed by atoms with van der Waals surface area (Å²) >= 11 is 5.79. The Balaban J connectivity index is 0.00000169. The molecule has 0 saturated carbocycles. The Kier molecular flexibility index (Phi) is 4.83. The van der Waals surface area contributed by atoms with E-state index in [0.717, 1.165) is 0 Å². The van der Waals surface area contributed by atoms with Gasteiger partial charge in [0.1, 0.15) is 0 Å². The normalized spacial score (nSPS) is 11.6. The van der Waals surface area contributed by atoms with Crippen molar-refractivity contribution in [1.82, 2.24) is 0 Å². The lowest BCUT2D eigenvalue weighted by Crippen LogP contribution is -2.06. The summed E-state index contributed by atoms with van der Waals surface area (Å²) in [4.78, 5) is 9.94. The zero-order chi connectivity index (χ0) is 10.0. The largest absolute Gasteiger partial charge is 0.324 e. The summed E-state index contributed by atoms with van der Waals surface area (Å²) in [6, 6.07) is 3.94. The van der Waals surface area contributed by atoms with Crippen molar-refractivity contribution in [3.8, 4) is 0 Å². The number of nitro benzene ring substituents is 1. The monoisotopic (exact) mass is 236 g/mol. The Labute approximate surface area is 92.6 Å². The molecule has 0 spiro atoms.